The molecule has 0 aromatic carbocycles. The van der Waals surface area contributed by atoms with Gasteiger partial charge in [0.1, 0.15) is 6.10 Å². The van der Waals surface area contributed by atoms with Crippen molar-refractivity contribution < 1.29 is 14.3 Å². The molecule has 3 rings (SSSR count). The Bertz CT molecular complexity index is 546. The van der Waals surface area contributed by atoms with E-state index >= 15 is 0 Å². The van der Waals surface area contributed by atoms with Gasteiger partial charge in [-0.25, -0.2) is 9.97 Å². The number of carbonyl (C=O) groups excluding carboxylic acids is 1. The van der Waals surface area contributed by atoms with Crippen molar-refractivity contribution in [1.82, 2.24) is 14.9 Å². The topological polar surface area (TPSA) is 64.6 Å². The summed E-state index contributed by atoms with van der Waals surface area (Å²) in [6.07, 6.45) is 12.0. The SMILES string of the molecule is COc1nccnc1OC1CCCN(C(=O)CC2CCCCC2)C1. The van der Waals surface area contributed by atoms with Crippen LogP contribution in [0.25, 0.3) is 0 Å². The summed E-state index contributed by atoms with van der Waals surface area (Å²) in [4.78, 5) is 22.9. The zero-order chi connectivity index (χ0) is 16.8. The van der Waals surface area contributed by atoms with Crippen LogP contribution in [0, 0.1) is 5.92 Å². The Morgan fingerprint density at radius 1 is 1.12 bits per heavy atom. The summed E-state index contributed by atoms with van der Waals surface area (Å²) in [6.45, 7) is 1.47. The number of ether oxygens (including phenoxy) is 2. The molecule has 6 nitrogen and oxygen atoms in total. The van der Waals surface area contributed by atoms with E-state index in [1.165, 1.54) is 32.1 Å². The van der Waals surface area contributed by atoms with Crippen molar-refractivity contribution in [3.63, 3.8) is 0 Å². The number of rotatable bonds is 5. The third-order valence-corrected chi connectivity index (χ3v) is 5.02. The van der Waals surface area contributed by atoms with E-state index in [4.69, 9.17) is 9.47 Å². The summed E-state index contributed by atoms with van der Waals surface area (Å²) >= 11 is 0. The Morgan fingerprint density at radius 3 is 2.62 bits per heavy atom. The van der Waals surface area contributed by atoms with Crippen LogP contribution in [0.2, 0.25) is 0 Å². The molecule has 0 N–H and O–H groups in total. The minimum Gasteiger partial charge on any atom is -0.477 e. The molecule has 1 aromatic heterocycles. The van der Waals surface area contributed by atoms with Crippen LogP contribution in [-0.4, -0.2) is 47.1 Å². The molecule has 2 aliphatic rings. The second-order valence-electron chi connectivity index (χ2n) is 6.80. The molecule has 132 valence electrons. The summed E-state index contributed by atoms with van der Waals surface area (Å²) in [5, 5.41) is 0. The van der Waals surface area contributed by atoms with Gasteiger partial charge in [0.15, 0.2) is 0 Å². The first-order valence-electron chi connectivity index (χ1n) is 9.05. The highest BCUT2D eigenvalue weighted by atomic mass is 16.5. The van der Waals surface area contributed by atoms with Crippen molar-refractivity contribution in [3.8, 4) is 11.8 Å². The van der Waals surface area contributed by atoms with Crippen LogP contribution in [0.15, 0.2) is 12.4 Å². The number of piperidine rings is 1. The molecule has 1 aliphatic carbocycles. The Balaban J connectivity index is 1.54. The highest BCUT2D eigenvalue weighted by Gasteiger charge is 2.28. The Hall–Kier alpha value is -1.85. The monoisotopic (exact) mass is 333 g/mol. The van der Waals surface area contributed by atoms with Crippen LogP contribution in [-0.2, 0) is 4.79 Å². The molecule has 6 heteroatoms. The zero-order valence-electron chi connectivity index (χ0n) is 14.4. The van der Waals surface area contributed by atoms with Crippen LogP contribution in [0.1, 0.15) is 51.4 Å². The molecule has 2 fully saturated rings. The van der Waals surface area contributed by atoms with Gasteiger partial charge in [-0.2, -0.15) is 0 Å². The van der Waals surface area contributed by atoms with Crippen LogP contribution in [0.3, 0.4) is 0 Å². The van der Waals surface area contributed by atoms with Gasteiger partial charge >= 0.3 is 0 Å². The molecule has 1 aliphatic heterocycles. The maximum atomic E-state index is 12.6. The van der Waals surface area contributed by atoms with Crippen molar-refractivity contribution in [2.24, 2.45) is 5.92 Å². The van der Waals surface area contributed by atoms with Crippen molar-refractivity contribution in [2.75, 3.05) is 20.2 Å². The first-order chi connectivity index (χ1) is 11.8. The third-order valence-electron chi connectivity index (χ3n) is 5.02. The van der Waals surface area contributed by atoms with Gasteiger partial charge in [-0.15, -0.1) is 0 Å². The first kappa shape index (κ1) is 17.0. The maximum absolute atomic E-state index is 12.6. The zero-order valence-corrected chi connectivity index (χ0v) is 14.4. The van der Waals surface area contributed by atoms with Crippen LogP contribution < -0.4 is 9.47 Å². The summed E-state index contributed by atoms with van der Waals surface area (Å²) in [5.41, 5.74) is 0. The summed E-state index contributed by atoms with van der Waals surface area (Å²) < 4.78 is 11.1. The molecule has 1 saturated carbocycles. The molecule has 1 atom stereocenters. The lowest BCUT2D eigenvalue weighted by molar-refractivity contribution is -0.135. The van der Waals surface area contributed by atoms with Gasteiger partial charge in [0, 0.05) is 25.4 Å². The van der Waals surface area contributed by atoms with E-state index in [1.807, 2.05) is 4.90 Å². The van der Waals surface area contributed by atoms with E-state index in [0.29, 0.717) is 30.6 Å². The summed E-state index contributed by atoms with van der Waals surface area (Å²) in [5.74, 6) is 1.66. The standard InChI is InChI=1S/C18H27N3O3/c1-23-17-18(20-10-9-19-17)24-15-8-5-11-21(13-15)16(22)12-14-6-3-2-4-7-14/h9-10,14-15H,2-8,11-13H2,1H3. The third kappa shape index (κ3) is 4.36. The highest BCUT2D eigenvalue weighted by Crippen LogP contribution is 2.28. The smallest absolute Gasteiger partial charge is 0.278 e. The molecule has 2 heterocycles. The molecule has 24 heavy (non-hydrogen) atoms. The van der Waals surface area contributed by atoms with Gasteiger partial charge < -0.3 is 14.4 Å². The Labute approximate surface area is 143 Å². The molecule has 1 amide bonds. The second kappa shape index (κ2) is 8.31. The molecular formula is C18H27N3O3. The first-order valence-corrected chi connectivity index (χ1v) is 9.05. The van der Waals surface area contributed by atoms with Crippen LogP contribution in [0.5, 0.6) is 11.8 Å². The number of aromatic nitrogens is 2. The number of hydrogen-bond acceptors (Lipinski definition) is 5. The van der Waals surface area contributed by atoms with Gasteiger partial charge in [0.2, 0.25) is 5.91 Å². The fraction of sp³-hybridized carbons (Fsp3) is 0.722. The van der Waals surface area contributed by atoms with Gasteiger partial charge in [-0.3, -0.25) is 4.79 Å². The molecule has 0 bridgehead atoms. The predicted octanol–water partition coefficient (Wildman–Crippen LogP) is 2.83. The largest absolute Gasteiger partial charge is 0.477 e. The van der Waals surface area contributed by atoms with E-state index in [1.54, 1.807) is 19.5 Å². The van der Waals surface area contributed by atoms with Crippen molar-refractivity contribution >= 4 is 5.91 Å². The number of nitrogens with zero attached hydrogens (tertiary/aromatic N) is 3. The lowest BCUT2D eigenvalue weighted by Gasteiger charge is -2.34. The van der Waals surface area contributed by atoms with E-state index in [0.717, 1.165) is 19.4 Å². The van der Waals surface area contributed by atoms with Gasteiger partial charge in [0.05, 0.1) is 13.7 Å². The van der Waals surface area contributed by atoms with Crippen LogP contribution in [0.4, 0.5) is 0 Å². The van der Waals surface area contributed by atoms with E-state index in [9.17, 15) is 4.79 Å². The van der Waals surface area contributed by atoms with Crippen molar-refractivity contribution in [2.45, 2.75) is 57.5 Å². The fourth-order valence-corrected chi connectivity index (χ4v) is 3.72. The highest BCUT2D eigenvalue weighted by molar-refractivity contribution is 5.76. The predicted molar refractivity (Wildman–Crippen MR) is 90.0 cm³/mol. The number of methoxy groups -OCH3 is 1. The van der Waals surface area contributed by atoms with E-state index < -0.39 is 0 Å². The molecule has 0 radical (unpaired) electrons. The Kier molecular flexibility index (Phi) is 5.88. The number of carbonyl (C=O) groups is 1. The maximum Gasteiger partial charge on any atom is 0.278 e. The van der Waals surface area contributed by atoms with E-state index in [-0.39, 0.29) is 12.0 Å². The molecule has 1 unspecified atom stereocenters. The second-order valence-corrected chi connectivity index (χ2v) is 6.80. The average molecular weight is 333 g/mol. The van der Waals surface area contributed by atoms with Gasteiger partial charge in [-0.05, 0) is 31.6 Å². The lowest BCUT2D eigenvalue weighted by Crippen LogP contribution is -2.45. The normalized spacial score (nSPS) is 22.2. The molecule has 0 spiro atoms. The average Bonchev–Trinajstić information content (AvgIpc) is 2.63. The minimum atomic E-state index is -0.0420. The number of hydrogen-bond donors (Lipinski definition) is 0. The van der Waals surface area contributed by atoms with Crippen molar-refractivity contribution in [3.05, 3.63) is 12.4 Å². The summed E-state index contributed by atoms with van der Waals surface area (Å²) in [6, 6.07) is 0. The minimum absolute atomic E-state index is 0.0420. The van der Waals surface area contributed by atoms with Crippen molar-refractivity contribution in [1.29, 1.82) is 0 Å². The van der Waals surface area contributed by atoms with Crippen LogP contribution >= 0.6 is 0 Å². The lowest BCUT2D eigenvalue weighted by atomic mass is 9.86. The quantitative estimate of drug-likeness (QED) is 0.829. The molecule has 1 aromatic rings. The number of likely N-dealkylation sites (tertiary alicyclic amines) is 1. The fourth-order valence-electron chi connectivity index (χ4n) is 3.72. The Morgan fingerprint density at radius 2 is 1.88 bits per heavy atom. The number of amides is 1. The summed E-state index contributed by atoms with van der Waals surface area (Å²) in [7, 11) is 1.55. The van der Waals surface area contributed by atoms with Gasteiger partial charge in [-0.1, -0.05) is 19.3 Å². The molecule has 1 saturated heterocycles. The molecular weight excluding hydrogens is 306 g/mol. The van der Waals surface area contributed by atoms with Gasteiger partial charge in [0.25, 0.3) is 11.8 Å². The van der Waals surface area contributed by atoms with E-state index in [2.05, 4.69) is 9.97 Å².